The van der Waals surface area contributed by atoms with Gasteiger partial charge in [0.25, 0.3) is 0 Å². The number of nitrogens with one attached hydrogen (secondary N) is 1. The fourth-order valence-electron chi connectivity index (χ4n) is 4.14. The first kappa shape index (κ1) is 27.2. The van der Waals surface area contributed by atoms with Crippen molar-refractivity contribution in [2.45, 2.75) is 20.8 Å². The molecule has 0 atom stereocenters. The lowest BCUT2D eigenvalue weighted by atomic mass is 10.0. The van der Waals surface area contributed by atoms with Gasteiger partial charge in [0.2, 0.25) is 0 Å². The molecular weight excluding hydrogens is 504 g/mol. The monoisotopic (exact) mass is 536 g/mol. The van der Waals surface area contributed by atoms with Crippen molar-refractivity contribution >= 4 is 28.8 Å². The maximum absolute atomic E-state index is 4.63. The highest BCUT2D eigenvalue weighted by Gasteiger charge is 2.14. The van der Waals surface area contributed by atoms with Crippen LogP contribution in [0, 0.1) is 20.8 Å². The Morgan fingerprint density at radius 3 is 1.66 bits per heavy atom. The highest BCUT2D eigenvalue weighted by atomic mass is 15.2. The van der Waals surface area contributed by atoms with Crippen LogP contribution in [0.2, 0.25) is 0 Å². The number of anilines is 5. The second-order valence-corrected chi connectivity index (χ2v) is 9.66. The number of benzene rings is 2. The van der Waals surface area contributed by atoms with Crippen LogP contribution in [0.25, 0.3) is 11.1 Å². The van der Waals surface area contributed by atoms with Crippen molar-refractivity contribution < 1.29 is 0 Å². The van der Waals surface area contributed by atoms with Gasteiger partial charge in [-0.2, -0.15) is 0 Å². The Morgan fingerprint density at radius 1 is 0.512 bits per heavy atom. The zero-order chi connectivity index (χ0) is 28.4. The van der Waals surface area contributed by atoms with E-state index in [1.54, 1.807) is 12.4 Å². The fourth-order valence-corrected chi connectivity index (χ4v) is 4.14. The second-order valence-electron chi connectivity index (χ2n) is 9.66. The summed E-state index contributed by atoms with van der Waals surface area (Å²) in [5, 5.41) is 3.32. The number of hydrogen-bond donors (Lipinski definition) is 1. The van der Waals surface area contributed by atoms with Gasteiger partial charge in [-0.25, -0.2) is 15.0 Å². The van der Waals surface area contributed by atoms with Crippen LogP contribution in [-0.2, 0) is 0 Å². The molecule has 41 heavy (non-hydrogen) atoms. The summed E-state index contributed by atoms with van der Waals surface area (Å²) >= 11 is 0. The van der Waals surface area contributed by atoms with E-state index in [0.29, 0.717) is 0 Å². The third-order valence-corrected chi connectivity index (χ3v) is 6.34. The zero-order valence-electron chi connectivity index (χ0n) is 23.4. The van der Waals surface area contributed by atoms with Crippen molar-refractivity contribution in [2.75, 3.05) is 10.2 Å². The van der Waals surface area contributed by atoms with E-state index >= 15 is 0 Å². The fraction of sp³-hybridized carbons (Fsp3) is 0.0857. The summed E-state index contributed by atoms with van der Waals surface area (Å²) in [7, 11) is 0. The topological polar surface area (TPSA) is 66.8 Å². The Labute approximate surface area is 241 Å². The van der Waals surface area contributed by atoms with Crippen molar-refractivity contribution in [2.24, 2.45) is 0 Å². The summed E-state index contributed by atoms with van der Waals surface area (Å²) in [6.07, 6.45) is 7.32. The molecule has 6 rings (SSSR count). The number of hydrogen-bond acceptors (Lipinski definition) is 6. The Balaban J connectivity index is 0.000000365. The second kappa shape index (κ2) is 13.1. The maximum atomic E-state index is 4.63. The molecule has 0 aliphatic carbocycles. The van der Waals surface area contributed by atoms with E-state index in [1.807, 2.05) is 81.7 Å². The average Bonchev–Trinajstić information content (AvgIpc) is 3.02. The van der Waals surface area contributed by atoms with Gasteiger partial charge in [0, 0.05) is 41.9 Å². The summed E-state index contributed by atoms with van der Waals surface area (Å²) in [6.45, 7) is 6.06. The first-order valence-corrected chi connectivity index (χ1v) is 13.5. The SMILES string of the molecule is Cc1ccc(C)nc1.Cc1ccc(N(c2ccc(-c3ccc(Nc4ccccn4)cc3)cc2)c2ccccn2)nc1. The van der Waals surface area contributed by atoms with Gasteiger partial charge in [-0.3, -0.25) is 9.88 Å². The summed E-state index contributed by atoms with van der Waals surface area (Å²) in [5.74, 6) is 2.48. The maximum Gasteiger partial charge on any atom is 0.138 e. The van der Waals surface area contributed by atoms with E-state index in [4.69, 9.17) is 0 Å². The number of aryl methyl sites for hydroxylation is 3. The van der Waals surface area contributed by atoms with E-state index in [2.05, 4.69) is 90.8 Å². The van der Waals surface area contributed by atoms with E-state index < -0.39 is 0 Å². The van der Waals surface area contributed by atoms with Crippen molar-refractivity contribution in [3.05, 3.63) is 151 Å². The molecule has 6 nitrogen and oxygen atoms in total. The van der Waals surface area contributed by atoms with Gasteiger partial charge in [0.05, 0.1) is 0 Å². The predicted molar refractivity (Wildman–Crippen MR) is 168 cm³/mol. The molecule has 0 fully saturated rings. The van der Waals surface area contributed by atoms with Crippen LogP contribution in [0.15, 0.2) is 134 Å². The minimum Gasteiger partial charge on any atom is -0.340 e. The molecule has 202 valence electrons. The van der Waals surface area contributed by atoms with E-state index in [9.17, 15) is 0 Å². The van der Waals surface area contributed by atoms with Crippen LogP contribution < -0.4 is 10.2 Å². The van der Waals surface area contributed by atoms with Crippen LogP contribution in [0.1, 0.15) is 16.8 Å². The Bertz CT molecular complexity index is 1610. The van der Waals surface area contributed by atoms with Crippen LogP contribution >= 0.6 is 0 Å². The molecule has 0 radical (unpaired) electrons. The molecule has 0 bridgehead atoms. The van der Waals surface area contributed by atoms with Crippen molar-refractivity contribution in [3.8, 4) is 11.1 Å². The molecule has 0 saturated carbocycles. The summed E-state index contributed by atoms with van der Waals surface area (Å²) in [6, 6.07) is 36.7. The lowest BCUT2D eigenvalue weighted by Crippen LogP contribution is -2.12. The highest BCUT2D eigenvalue weighted by molar-refractivity contribution is 5.75. The smallest absolute Gasteiger partial charge is 0.138 e. The third-order valence-electron chi connectivity index (χ3n) is 6.34. The summed E-state index contributed by atoms with van der Waals surface area (Å²) < 4.78 is 0. The summed E-state index contributed by atoms with van der Waals surface area (Å²) in [5.41, 5.74) is 7.71. The lowest BCUT2D eigenvalue weighted by Gasteiger charge is -2.23. The molecular formula is C35H32N6. The lowest BCUT2D eigenvalue weighted by molar-refractivity contribution is 1.12. The molecule has 6 heteroatoms. The number of nitrogens with zero attached hydrogens (tertiary/aromatic N) is 5. The molecule has 0 aliphatic rings. The highest BCUT2D eigenvalue weighted by Crippen LogP contribution is 2.33. The predicted octanol–water partition coefficient (Wildman–Crippen LogP) is 8.76. The van der Waals surface area contributed by atoms with Gasteiger partial charge < -0.3 is 5.32 Å². The first-order valence-electron chi connectivity index (χ1n) is 13.5. The number of pyridine rings is 4. The minimum atomic E-state index is 0.826. The van der Waals surface area contributed by atoms with Gasteiger partial charge in [0.15, 0.2) is 0 Å². The van der Waals surface area contributed by atoms with Crippen LogP contribution in [0.3, 0.4) is 0 Å². The van der Waals surface area contributed by atoms with Crippen LogP contribution in [0.5, 0.6) is 0 Å². The van der Waals surface area contributed by atoms with Gasteiger partial charge in [-0.15, -0.1) is 0 Å². The molecule has 0 saturated heterocycles. The van der Waals surface area contributed by atoms with Crippen molar-refractivity contribution in [3.63, 3.8) is 0 Å². The summed E-state index contributed by atoms with van der Waals surface area (Å²) in [4.78, 5) is 19.6. The Kier molecular flexibility index (Phi) is 8.72. The van der Waals surface area contributed by atoms with Gasteiger partial charge >= 0.3 is 0 Å². The van der Waals surface area contributed by atoms with Crippen molar-refractivity contribution in [1.82, 2.24) is 19.9 Å². The normalized spacial score (nSPS) is 10.3. The molecule has 6 aromatic rings. The molecule has 0 spiro atoms. The third kappa shape index (κ3) is 7.40. The quantitative estimate of drug-likeness (QED) is 0.229. The standard InChI is InChI=1S/C28H23N5.C7H9N/c1-21-8-17-28(31-20-21)33(27-7-3-5-19-30-27)25-15-11-23(12-16-25)22-9-13-24(14-10-22)32-26-6-2-4-18-29-26;1-6-3-4-7(2)8-5-6/h2-20H,1H3,(H,29,32);3-5H,1-2H3. The first-order chi connectivity index (χ1) is 20.0. The van der Waals surface area contributed by atoms with Gasteiger partial charge in [0.1, 0.15) is 17.5 Å². The Morgan fingerprint density at radius 2 is 1.12 bits per heavy atom. The van der Waals surface area contributed by atoms with E-state index in [1.165, 1.54) is 5.56 Å². The van der Waals surface area contributed by atoms with E-state index in [0.717, 1.165) is 51.2 Å². The molecule has 0 unspecified atom stereocenters. The van der Waals surface area contributed by atoms with Gasteiger partial charge in [-0.1, -0.05) is 48.5 Å². The number of aromatic nitrogens is 4. The Hall–Kier alpha value is -5.36. The molecule has 4 aromatic heterocycles. The molecule has 2 aromatic carbocycles. The van der Waals surface area contributed by atoms with E-state index in [-0.39, 0.29) is 0 Å². The minimum absolute atomic E-state index is 0.826. The molecule has 1 N–H and O–H groups in total. The van der Waals surface area contributed by atoms with Gasteiger partial charge in [-0.05, 0) is 104 Å². The average molecular weight is 537 g/mol. The molecule has 4 heterocycles. The van der Waals surface area contributed by atoms with Crippen LogP contribution in [0.4, 0.5) is 28.8 Å². The zero-order valence-corrected chi connectivity index (χ0v) is 23.4. The molecule has 0 amide bonds. The molecule has 0 aliphatic heterocycles. The largest absolute Gasteiger partial charge is 0.340 e. The van der Waals surface area contributed by atoms with Crippen molar-refractivity contribution in [1.29, 1.82) is 0 Å². The number of rotatable bonds is 6. The van der Waals surface area contributed by atoms with Crippen LogP contribution in [-0.4, -0.2) is 19.9 Å².